The van der Waals surface area contributed by atoms with E-state index in [1.807, 2.05) is 0 Å². The van der Waals surface area contributed by atoms with Crippen LogP contribution in [0.1, 0.15) is 45.1 Å². The molecule has 1 N–H and O–H groups in total. The fraction of sp³-hybridized carbons (Fsp3) is 0.526. The molecule has 27 heavy (non-hydrogen) atoms. The summed E-state index contributed by atoms with van der Waals surface area (Å²) >= 11 is 3.30. The number of rotatable bonds is 5. The van der Waals surface area contributed by atoms with Gasteiger partial charge in [-0.15, -0.1) is 0 Å². The molecule has 2 fully saturated rings. The number of benzene rings is 1. The van der Waals surface area contributed by atoms with E-state index >= 15 is 0 Å². The van der Waals surface area contributed by atoms with Gasteiger partial charge in [-0.3, -0.25) is 9.59 Å². The van der Waals surface area contributed by atoms with Crippen LogP contribution in [0.25, 0.3) is 0 Å². The van der Waals surface area contributed by atoms with Crippen molar-refractivity contribution in [3.63, 3.8) is 0 Å². The molecule has 8 heteroatoms. The highest BCUT2D eigenvalue weighted by Crippen LogP contribution is 2.36. The number of halogens is 2. The normalized spacial score (nSPS) is 19.5. The quantitative estimate of drug-likeness (QED) is 0.716. The van der Waals surface area contributed by atoms with E-state index in [9.17, 15) is 18.8 Å². The smallest absolute Gasteiger partial charge is 0.325 e. The molecule has 1 unspecified atom stereocenters. The van der Waals surface area contributed by atoms with E-state index in [0.29, 0.717) is 29.4 Å². The largest absolute Gasteiger partial charge is 0.337 e. The Balaban J connectivity index is 1.77. The van der Waals surface area contributed by atoms with Crippen LogP contribution in [0.4, 0.5) is 9.18 Å². The Kier molecular flexibility index (Phi) is 5.55. The molecule has 146 valence electrons. The number of carbonyl (C=O) groups excluding carboxylic acids is 3. The maximum absolute atomic E-state index is 14.1. The summed E-state index contributed by atoms with van der Waals surface area (Å²) in [7, 11) is 0. The third-order valence-corrected chi connectivity index (χ3v) is 5.95. The number of nitrogens with zero attached hydrogens (tertiary/aromatic N) is 2. The second-order valence-electron chi connectivity index (χ2n) is 7.16. The lowest BCUT2D eigenvalue weighted by molar-refractivity contribution is -0.143. The van der Waals surface area contributed by atoms with Crippen molar-refractivity contribution in [1.29, 1.82) is 0 Å². The molecule has 0 aromatic heterocycles. The van der Waals surface area contributed by atoms with Crippen LogP contribution in [0, 0.1) is 5.82 Å². The van der Waals surface area contributed by atoms with Crippen LogP contribution in [0.2, 0.25) is 0 Å². The van der Waals surface area contributed by atoms with Gasteiger partial charge in [0.15, 0.2) is 0 Å². The van der Waals surface area contributed by atoms with Crippen LogP contribution < -0.4 is 5.32 Å². The zero-order valence-corrected chi connectivity index (χ0v) is 17.0. The number of hydrogen-bond acceptors (Lipinski definition) is 3. The zero-order valence-electron chi connectivity index (χ0n) is 15.4. The summed E-state index contributed by atoms with van der Waals surface area (Å²) in [5.74, 6) is -1.11. The zero-order chi connectivity index (χ0) is 19.8. The second kappa shape index (κ2) is 7.58. The lowest BCUT2D eigenvalue weighted by Gasteiger charge is -2.29. The Hall–Kier alpha value is -1.96. The number of nitrogens with one attached hydrogen (secondary N) is 1. The fourth-order valence-electron chi connectivity index (χ4n) is 3.90. The van der Waals surface area contributed by atoms with Gasteiger partial charge in [-0.2, -0.15) is 0 Å². The number of hydrogen-bond donors (Lipinski definition) is 1. The van der Waals surface area contributed by atoms with Crippen LogP contribution in [-0.4, -0.2) is 45.8 Å². The van der Waals surface area contributed by atoms with Gasteiger partial charge >= 0.3 is 6.03 Å². The van der Waals surface area contributed by atoms with Crippen molar-refractivity contribution < 1.29 is 18.8 Å². The van der Waals surface area contributed by atoms with Crippen molar-refractivity contribution in [2.75, 3.05) is 6.54 Å². The van der Waals surface area contributed by atoms with E-state index in [0.717, 1.165) is 17.7 Å². The molecule has 2 aliphatic rings. The molecule has 1 atom stereocenters. The second-order valence-corrected chi connectivity index (χ2v) is 8.07. The standard InChI is InChI=1S/C19H23BrFN3O3/c1-3-23(11-13-10-14(20)6-7-15(13)21)16(25)12(2)24-17(26)19(22-18(24)27)8-4-5-9-19/h6-7,10,12H,3-5,8-9,11H2,1-2H3,(H,22,27). The molecular weight excluding hydrogens is 417 g/mol. The minimum absolute atomic E-state index is 0.0692. The number of carbonyl (C=O) groups is 3. The Labute approximate surface area is 166 Å². The molecule has 6 nitrogen and oxygen atoms in total. The van der Waals surface area contributed by atoms with Gasteiger partial charge < -0.3 is 10.2 Å². The van der Waals surface area contributed by atoms with Crippen molar-refractivity contribution in [3.8, 4) is 0 Å². The topological polar surface area (TPSA) is 69.7 Å². The van der Waals surface area contributed by atoms with E-state index in [1.165, 1.54) is 11.0 Å². The third kappa shape index (κ3) is 3.59. The monoisotopic (exact) mass is 439 g/mol. The number of imide groups is 1. The Morgan fingerprint density at radius 3 is 2.67 bits per heavy atom. The van der Waals surface area contributed by atoms with Gasteiger partial charge in [0.2, 0.25) is 5.91 Å². The van der Waals surface area contributed by atoms with Gasteiger partial charge in [-0.05, 0) is 44.9 Å². The molecule has 0 radical (unpaired) electrons. The molecule has 1 heterocycles. The van der Waals surface area contributed by atoms with Crippen molar-refractivity contribution in [2.24, 2.45) is 0 Å². The van der Waals surface area contributed by atoms with Gasteiger partial charge in [0.05, 0.1) is 0 Å². The van der Waals surface area contributed by atoms with E-state index in [4.69, 9.17) is 0 Å². The van der Waals surface area contributed by atoms with Crippen LogP contribution in [-0.2, 0) is 16.1 Å². The van der Waals surface area contributed by atoms with Crippen molar-refractivity contribution in [3.05, 3.63) is 34.1 Å². The molecule has 1 aromatic carbocycles. The molecule has 1 aliphatic heterocycles. The van der Waals surface area contributed by atoms with E-state index < -0.39 is 23.4 Å². The average molecular weight is 440 g/mol. The maximum Gasteiger partial charge on any atom is 0.325 e. The molecule has 1 aliphatic carbocycles. The van der Waals surface area contributed by atoms with Gasteiger partial charge in [-0.25, -0.2) is 14.1 Å². The first-order valence-corrected chi connectivity index (χ1v) is 9.97. The molecule has 1 saturated heterocycles. The Morgan fingerprint density at radius 2 is 2.04 bits per heavy atom. The number of amides is 4. The van der Waals surface area contributed by atoms with Gasteiger partial charge in [-0.1, -0.05) is 28.8 Å². The molecular formula is C19H23BrFN3O3. The number of likely N-dealkylation sites (N-methyl/N-ethyl adjacent to an activating group) is 1. The van der Waals surface area contributed by atoms with Crippen molar-refractivity contribution in [2.45, 2.75) is 57.7 Å². The predicted molar refractivity (Wildman–Crippen MR) is 101 cm³/mol. The Bertz CT molecular complexity index is 779. The highest BCUT2D eigenvalue weighted by atomic mass is 79.9. The third-order valence-electron chi connectivity index (χ3n) is 5.46. The van der Waals surface area contributed by atoms with E-state index in [-0.39, 0.29) is 18.4 Å². The SMILES string of the molecule is CCN(Cc1cc(Br)ccc1F)C(=O)C(C)N1C(=O)NC2(CCCC2)C1=O. The minimum atomic E-state index is -0.937. The summed E-state index contributed by atoms with van der Waals surface area (Å²) in [5, 5.41) is 2.79. The lowest BCUT2D eigenvalue weighted by atomic mass is 9.97. The molecule has 1 spiro atoms. The molecule has 1 aromatic rings. The highest BCUT2D eigenvalue weighted by Gasteiger charge is 2.54. The van der Waals surface area contributed by atoms with Crippen LogP contribution in [0.15, 0.2) is 22.7 Å². The molecule has 3 rings (SSSR count). The average Bonchev–Trinajstić information content (AvgIpc) is 3.20. The van der Waals surface area contributed by atoms with Gasteiger partial charge in [0, 0.05) is 23.1 Å². The Morgan fingerprint density at radius 1 is 1.37 bits per heavy atom. The number of urea groups is 1. The summed E-state index contributed by atoms with van der Waals surface area (Å²) < 4.78 is 14.8. The molecule has 1 saturated carbocycles. The van der Waals surface area contributed by atoms with Crippen LogP contribution in [0.5, 0.6) is 0 Å². The summed E-state index contributed by atoms with van der Waals surface area (Å²) in [4.78, 5) is 40.7. The summed E-state index contributed by atoms with van der Waals surface area (Å²) in [5.41, 5.74) is -0.477. The van der Waals surface area contributed by atoms with E-state index in [2.05, 4.69) is 21.2 Å². The summed E-state index contributed by atoms with van der Waals surface area (Å²) in [6.07, 6.45) is 2.97. The first-order chi connectivity index (χ1) is 12.8. The maximum atomic E-state index is 14.1. The first kappa shape index (κ1) is 19.8. The van der Waals surface area contributed by atoms with Gasteiger partial charge in [0.1, 0.15) is 17.4 Å². The van der Waals surface area contributed by atoms with Crippen molar-refractivity contribution in [1.82, 2.24) is 15.1 Å². The first-order valence-electron chi connectivity index (χ1n) is 9.17. The van der Waals surface area contributed by atoms with E-state index in [1.54, 1.807) is 26.0 Å². The summed E-state index contributed by atoms with van der Waals surface area (Å²) in [6.45, 7) is 3.74. The predicted octanol–water partition coefficient (Wildman–Crippen LogP) is 3.19. The fourth-order valence-corrected chi connectivity index (χ4v) is 4.31. The lowest BCUT2D eigenvalue weighted by Crippen LogP contribution is -2.51. The summed E-state index contributed by atoms with van der Waals surface area (Å²) in [6, 6.07) is 3.09. The molecule has 4 amide bonds. The molecule has 0 bridgehead atoms. The van der Waals surface area contributed by atoms with Crippen LogP contribution >= 0.6 is 15.9 Å². The minimum Gasteiger partial charge on any atom is -0.337 e. The highest BCUT2D eigenvalue weighted by molar-refractivity contribution is 9.10. The van der Waals surface area contributed by atoms with Gasteiger partial charge in [0.25, 0.3) is 5.91 Å². The van der Waals surface area contributed by atoms with Crippen LogP contribution in [0.3, 0.4) is 0 Å². The van der Waals surface area contributed by atoms with Crippen molar-refractivity contribution >= 4 is 33.8 Å².